The van der Waals surface area contributed by atoms with Crippen molar-refractivity contribution >= 4 is 23.1 Å². The molecule has 5 rings (SSSR count). The predicted molar refractivity (Wildman–Crippen MR) is 114 cm³/mol. The number of aromatic amines is 1. The molecule has 1 spiro atoms. The highest BCUT2D eigenvalue weighted by Gasteiger charge is 2.46. The molecule has 2 aliphatic rings. The number of halogens is 2. The quantitative estimate of drug-likeness (QED) is 0.679. The maximum atomic E-state index is 13.7. The Morgan fingerprint density at radius 2 is 1.93 bits per heavy atom. The van der Waals surface area contributed by atoms with E-state index in [1.165, 1.54) is 24.2 Å². The van der Waals surface area contributed by atoms with Crippen LogP contribution >= 0.6 is 11.6 Å². The summed E-state index contributed by atoms with van der Waals surface area (Å²) in [4.78, 5) is 9.08. The van der Waals surface area contributed by atoms with Crippen LogP contribution in [0.3, 0.4) is 0 Å². The van der Waals surface area contributed by atoms with Gasteiger partial charge in [-0.25, -0.2) is 4.39 Å². The molecule has 0 unspecified atom stereocenters. The van der Waals surface area contributed by atoms with Gasteiger partial charge in [0.2, 0.25) is 0 Å². The Morgan fingerprint density at radius 3 is 2.72 bits per heavy atom. The number of rotatable bonds is 3. The molecule has 29 heavy (non-hydrogen) atoms. The fourth-order valence-electron chi connectivity index (χ4n) is 4.67. The lowest BCUT2D eigenvalue weighted by molar-refractivity contribution is 0.174. The average molecular weight is 412 g/mol. The van der Waals surface area contributed by atoms with E-state index in [9.17, 15) is 4.39 Å². The van der Waals surface area contributed by atoms with Crippen LogP contribution in [0.4, 0.5) is 15.9 Å². The molecule has 0 radical (unpaired) electrons. The number of nitrogens with one attached hydrogen (secondary N) is 1. The number of nitrogens with zero attached hydrogens (tertiary/aromatic N) is 4. The molecule has 7 heteroatoms. The first-order chi connectivity index (χ1) is 14.0. The molecule has 2 aliphatic heterocycles. The van der Waals surface area contributed by atoms with Crippen molar-refractivity contribution in [2.45, 2.75) is 19.8 Å². The minimum Gasteiger partial charge on any atom is -0.370 e. The molecule has 1 aromatic carbocycles. The summed E-state index contributed by atoms with van der Waals surface area (Å²) in [5.41, 5.74) is 4.10. The fraction of sp³-hybridized carbons (Fsp3) is 0.364. The van der Waals surface area contributed by atoms with E-state index in [2.05, 4.69) is 37.1 Å². The zero-order chi connectivity index (χ0) is 20.0. The molecule has 0 aliphatic carbocycles. The number of benzene rings is 1. The van der Waals surface area contributed by atoms with Gasteiger partial charge >= 0.3 is 0 Å². The number of anilines is 2. The summed E-state index contributed by atoms with van der Waals surface area (Å²) in [6.45, 7) is 6.13. The van der Waals surface area contributed by atoms with E-state index < -0.39 is 0 Å². The van der Waals surface area contributed by atoms with Crippen molar-refractivity contribution in [2.24, 2.45) is 5.41 Å². The van der Waals surface area contributed by atoms with Crippen molar-refractivity contribution < 1.29 is 4.39 Å². The molecule has 0 atom stereocenters. The molecule has 2 saturated heterocycles. The summed E-state index contributed by atoms with van der Waals surface area (Å²) < 4.78 is 13.7. The molecular weight excluding hydrogens is 389 g/mol. The second-order valence-corrected chi connectivity index (χ2v) is 8.77. The smallest absolute Gasteiger partial charge is 0.151 e. The molecule has 2 aromatic heterocycles. The van der Waals surface area contributed by atoms with Crippen LogP contribution in [0, 0.1) is 18.2 Å². The van der Waals surface area contributed by atoms with Crippen LogP contribution in [-0.2, 0) is 0 Å². The van der Waals surface area contributed by atoms with Crippen LogP contribution < -0.4 is 9.80 Å². The van der Waals surface area contributed by atoms with Crippen molar-refractivity contribution in [2.75, 3.05) is 36.0 Å². The molecule has 0 amide bonds. The van der Waals surface area contributed by atoms with Gasteiger partial charge in [-0.3, -0.25) is 10.1 Å². The van der Waals surface area contributed by atoms with Crippen LogP contribution in [0.1, 0.15) is 18.5 Å². The minimum atomic E-state index is -0.346. The normalized spacial score (nSPS) is 18.2. The highest BCUT2D eigenvalue weighted by molar-refractivity contribution is 6.30. The maximum absolute atomic E-state index is 13.7. The van der Waals surface area contributed by atoms with Gasteiger partial charge in [-0.1, -0.05) is 11.6 Å². The van der Waals surface area contributed by atoms with E-state index in [0.29, 0.717) is 16.0 Å². The number of hydrogen-bond donors (Lipinski definition) is 1. The fourth-order valence-corrected chi connectivity index (χ4v) is 4.89. The lowest BCUT2D eigenvalue weighted by atomic mass is 9.73. The maximum Gasteiger partial charge on any atom is 0.151 e. The zero-order valence-electron chi connectivity index (χ0n) is 16.3. The summed E-state index contributed by atoms with van der Waals surface area (Å²) >= 11 is 6.00. The predicted octanol–water partition coefficient (Wildman–Crippen LogP) is 4.68. The molecule has 4 heterocycles. The van der Waals surface area contributed by atoms with Gasteiger partial charge < -0.3 is 9.80 Å². The first kappa shape index (κ1) is 18.4. The second kappa shape index (κ2) is 7.02. The van der Waals surface area contributed by atoms with Crippen LogP contribution in [0.2, 0.25) is 5.02 Å². The van der Waals surface area contributed by atoms with Crippen molar-refractivity contribution in [3.05, 3.63) is 59.1 Å². The number of aryl methyl sites for hydroxylation is 1. The van der Waals surface area contributed by atoms with E-state index in [-0.39, 0.29) is 5.82 Å². The van der Waals surface area contributed by atoms with E-state index >= 15 is 0 Å². The standard InChI is InChI=1S/C22H23ClFN5/c1-15-7-19(3-5-25-15)29-13-22(14-29)4-2-6-28(12-22)21-11-20(26-27-21)16-8-17(23)10-18(24)9-16/h3,5,7-11H,2,4,6,12-14H2,1H3,(H,26,27). The monoisotopic (exact) mass is 411 g/mol. The van der Waals surface area contributed by atoms with E-state index in [0.717, 1.165) is 49.8 Å². The van der Waals surface area contributed by atoms with E-state index in [1.807, 2.05) is 19.2 Å². The number of H-pyrrole nitrogens is 1. The number of aromatic nitrogens is 3. The average Bonchev–Trinajstić information content (AvgIpc) is 3.16. The summed E-state index contributed by atoms with van der Waals surface area (Å²) in [5.74, 6) is 0.569. The van der Waals surface area contributed by atoms with Crippen LogP contribution in [0.5, 0.6) is 0 Å². The van der Waals surface area contributed by atoms with Gasteiger partial charge in [0.05, 0.1) is 5.69 Å². The number of pyridine rings is 1. The van der Waals surface area contributed by atoms with E-state index in [4.69, 9.17) is 11.6 Å². The van der Waals surface area contributed by atoms with Crippen LogP contribution in [0.15, 0.2) is 42.6 Å². The van der Waals surface area contributed by atoms with Gasteiger partial charge in [0.25, 0.3) is 0 Å². The molecule has 5 nitrogen and oxygen atoms in total. The third-order valence-corrected chi connectivity index (χ3v) is 6.24. The molecule has 1 N–H and O–H groups in total. The summed E-state index contributed by atoms with van der Waals surface area (Å²) in [6.07, 6.45) is 4.27. The van der Waals surface area contributed by atoms with Crippen LogP contribution in [0.25, 0.3) is 11.3 Å². The summed E-state index contributed by atoms with van der Waals surface area (Å²) in [6, 6.07) is 10.8. The molecular formula is C22H23ClFN5. The molecule has 3 aromatic rings. The SMILES string of the molecule is Cc1cc(N2CC3(CCCN(c4cc(-c5cc(F)cc(Cl)c5)[nH]n4)C3)C2)ccn1. The molecule has 0 saturated carbocycles. The van der Waals surface area contributed by atoms with Gasteiger partial charge in [0, 0.05) is 65.8 Å². The van der Waals surface area contributed by atoms with Gasteiger partial charge in [0.15, 0.2) is 5.82 Å². The number of piperidine rings is 1. The number of hydrogen-bond acceptors (Lipinski definition) is 4. The Kier molecular flexibility index (Phi) is 4.46. The molecule has 2 fully saturated rings. The van der Waals surface area contributed by atoms with E-state index in [1.54, 1.807) is 6.07 Å². The van der Waals surface area contributed by atoms with Gasteiger partial charge in [-0.05, 0) is 50.1 Å². The van der Waals surface area contributed by atoms with Gasteiger partial charge in [0.1, 0.15) is 5.82 Å². The highest BCUT2D eigenvalue weighted by Crippen LogP contribution is 2.42. The lowest BCUT2D eigenvalue weighted by Crippen LogP contribution is -2.63. The highest BCUT2D eigenvalue weighted by atomic mass is 35.5. The first-order valence-electron chi connectivity index (χ1n) is 9.94. The lowest BCUT2D eigenvalue weighted by Gasteiger charge is -2.55. The van der Waals surface area contributed by atoms with Crippen molar-refractivity contribution in [3.63, 3.8) is 0 Å². The van der Waals surface area contributed by atoms with Crippen LogP contribution in [-0.4, -0.2) is 41.4 Å². The van der Waals surface area contributed by atoms with Crippen molar-refractivity contribution in [1.82, 2.24) is 15.2 Å². The third kappa shape index (κ3) is 3.57. The second-order valence-electron chi connectivity index (χ2n) is 8.33. The zero-order valence-corrected chi connectivity index (χ0v) is 17.1. The Balaban J connectivity index is 1.30. The van der Waals surface area contributed by atoms with Crippen molar-refractivity contribution in [3.8, 4) is 11.3 Å². The third-order valence-electron chi connectivity index (χ3n) is 6.02. The van der Waals surface area contributed by atoms with Crippen molar-refractivity contribution in [1.29, 1.82) is 0 Å². The minimum absolute atomic E-state index is 0.302. The van der Waals surface area contributed by atoms with Gasteiger partial charge in [-0.2, -0.15) is 5.10 Å². The summed E-state index contributed by atoms with van der Waals surface area (Å²) in [7, 11) is 0. The van der Waals surface area contributed by atoms with Gasteiger partial charge in [-0.15, -0.1) is 0 Å². The first-order valence-corrected chi connectivity index (χ1v) is 10.3. The Hall–Kier alpha value is -2.60. The Bertz CT molecular complexity index is 1020. The molecule has 0 bridgehead atoms. The molecule has 150 valence electrons. The Morgan fingerprint density at radius 1 is 1.10 bits per heavy atom. The Labute approximate surface area is 174 Å². The topological polar surface area (TPSA) is 48.0 Å². The summed E-state index contributed by atoms with van der Waals surface area (Å²) in [5, 5.41) is 7.93. The largest absolute Gasteiger partial charge is 0.370 e.